The Morgan fingerprint density at radius 3 is 2.36 bits per heavy atom. The second-order valence-corrected chi connectivity index (χ2v) is 2.46. The summed E-state index contributed by atoms with van der Waals surface area (Å²) < 4.78 is 38.3. The first-order valence-electron chi connectivity index (χ1n) is 3.51. The van der Waals surface area contributed by atoms with Crippen LogP contribution in [-0.2, 0) is 9.53 Å². The molecular formula is C6H9F3N2O3. The number of hydrogen-bond acceptors (Lipinski definition) is 3. The predicted molar refractivity (Wildman–Crippen MR) is 39.2 cm³/mol. The number of alkyl carbamates (subject to hydrolysis) is 1. The van der Waals surface area contributed by atoms with Crippen LogP contribution in [0.2, 0.25) is 0 Å². The maximum atomic E-state index is 11.5. The van der Waals surface area contributed by atoms with Gasteiger partial charge in [0.15, 0.2) is 6.61 Å². The predicted octanol–water partition coefficient (Wildman–Crippen LogP) is 0.149. The lowest BCUT2D eigenvalue weighted by Crippen LogP contribution is -2.43. The molecule has 0 bridgehead atoms. The Morgan fingerprint density at radius 1 is 1.50 bits per heavy atom. The van der Waals surface area contributed by atoms with E-state index in [1.807, 2.05) is 5.32 Å². The van der Waals surface area contributed by atoms with Crippen molar-refractivity contribution < 1.29 is 27.5 Å². The molecule has 0 rings (SSSR count). The molecule has 3 N–H and O–H groups in total. The van der Waals surface area contributed by atoms with E-state index in [0.29, 0.717) is 0 Å². The maximum Gasteiger partial charge on any atom is 0.422 e. The van der Waals surface area contributed by atoms with E-state index < -0.39 is 30.8 Å². The molecule has 0 aliphatic heterocycles. The molecule has 0 saturated carbocycles. The fourth-order valence-electron chi connectivity index (χ4n) is 0.437. The van der Waals surface area contributed by atoms with Crippen LogP contribution in [-0.4, -0.2) is 30.8 Å². The van der Waals surface area contributed by atoms with Gasteiger partial charge < -0.3 is 15.8 Å². The molecule has 0 aromatic rings. The van der Waals surface area contributed by atoms with Crippen molar-refractivity contribution >= 4 is 12.0 Å². The van der Waals surface area contributed by atoms with Crippen LogP contribution in [0.25, 0.3) is 0 Å². The quantitative estimate of drug-likeness (QED) is 0.701. The van der Waals surface area contributed by atoms with Crippen molar-refractivity contribution in [1.29, 1.82) is 0 Å². The summed E-state index contributed by atoms with van der Waals surface area (Å²) in [6, 6.07) is -1.07. The zero-order chi connectivity index (χ0) is 11.4. The van der Waals surface area contributed by atoms with E-state index in [-0.39, 0.29) is 0 Å². The maximum absolute atomic E-state index is 11.5. The van der Waals surface area contributed by atoms with Crippen LogP contribution in [0.1, 0.15) is 6.92 Å². The number of carbonyl (C=O) groups is 2. The van der Waals surface area contributed by atoms with Gasteiger partial charge in [-0.3, -0.25) is 4.79 Å². The molecule has 2 amide bonds. The SMILES string of the molecule is C[C@H](NC(=O)OCC(F)(F)F)C(N)=O. The Labute approximate surface area is 77.4 Å². The monoisotopic (exact) mass is 214 g/mol. The first kappa shape index (κ1) is 12.5. The number of ether oxygens (including phenoxy) is 1. The van der Waals surface area contributed by atoms with Crippen molar-refractivity contribution in [2.45, 2.75) is 19.1 Å². The van der Waals surface area contributed by atoms with E-state index in [9.17, 15) is 22.8 Å². The average Bonchev–Trinajstić information content (AvgIpc) is 1.99. The number of nitrogens with two attached hydrogens (primary N) is 1. The van der Waals surface area contributed by atoms with E-state index in [1.165, 1.54) is 6.92 Å². The van der Waals surface area contributed by atoms with Crippen LogP contribution in [0.15, 0.2) is 0 Å². The summed E-state index contributed by atoms with van der Waals surface area (Å²) in [5, 5.41) is 1.82. The number of halogens is 3. The van der Waals surface area contributed by atoms with Crippen molar-refractivity contribution in [3.63, 3.8) is 0 Å². The summed E-state index contributed by atoms with van der Waals surface area (Å²) in [5.41, 5.74) is 4.73. The van der Waals surface area contributed by atoms with E-state index in [1.54, 1.807) is 0 Å². The van der Waals surface area contributed by atoms with Gasteiger partial charge in [-0.05, 0) is 6.92 Å². The van der Waals surface area contributed by atoms with Gasteiger partial charge in [-0.2, -0.15) is 13.2 Å². The van der Waals surface area contributed by atoms with Gasteiger partial charge in [0.2, 0.25) is 5.91 Å². The Bertz CT molecular complexity index is 229. The highest BCUT2D eigenvalue weighted by atomic mass is 19.4. The minimum atomic E-state index is -4.59. The third kappa shape index (κ3) is 6.09. The number of hydrogen-bond donors (Lipinski definition) is 2. The number of rotatable bonds is 3. The fraction of sp³-hybridized carbons (Fsp3) is 0.667. The van der Waals surface area contributed by atoms with Crippen LogP contribution in [0, 0.1) is 0 Å². The number of primary amides is 1. The summed E-state index contributed by atoms with van der Waals surface area (Å²) in [4.78, 5) is 20.9. The smallest absolute Gasteiger partial charge is 0.422 e. The second kappa shape index (κ2) is 4.68. The van der Waals surface area contributed by atoms with Crippen LogP contribution >= 0.6 is 0 Å². The van der Waals surface area contributed by atoms with Gasteiger partial charge in [-0.25, -0.2) is 4.79 Å². The van der Waals surface area contributed by atoms with E-state index in [2.05, 4.69) is 4.74 Å². The van der Waals surface area contributed by atoms with E-state index >= 15 is 0 Å². The van der Waals surface area contributed by atoms with Gasteiger partial charge >= 0.3 is 12.3 Å². The zero-order valence-electron chi connectivity index (χ0n) is 7.22. The summed E-state index contributed by atoms with van der Waals surface area (Å²) in [6.07, 6.45) is -5.93. The van der Waals surface area contributed by atoms with Crippen LogP contribution in [0.4, 0.5) is 18.0 Å². The highest BCUT2D eigenvalue weighted by Crippen LogP contribution is 2.14. The lowest BCUT2D eigenvalue weighted by atomic mass is 10.3. The molecule has 0 aromatic heterocycles. The Hall–Kier alpha value is -1.47. The minimum Gasteiger partial charge on any atom is -0.440 e. The molecule has 0 aliphatic carbocycles. The normalized spacial score (nSPS) is 13.1. The van der Waals surface area contributed by atoms with Crippen molar-refractivity contribution in [2.24, 2.45) is 5.73 Å². The molecule has 5 nitrogen and oxygen atoms in total. The van der Waals surface area contributed by atoms with Crippen molar-refractivity contribution in [2.75, 3.05) is 6.61 Å². The van der Waals surface area contributed by atoms with Gasteiger partial charge in [0.05, 0.1) is 0 Å². The third-order valence-corrected chi connectivity index (χ3v) is 1.13. The molecule has 0 fully saturated rings. The summed E-state index contributed by atoms with van der Waals surface area (Å²) in [7, 11) is 0. The Kier molecular flexibility index (Phi) is 4.19. The molecule has 0 aromatic carbocycles. The number of amides is 2. The van der Waals surface area contributed by atoms with Gasteiger partial charge in [-0.15, -0.1) is 0 Å². The first-order chi connectivity index (χ1) is 6.22. The van der Waals surface area contributed by atoms with Gasteiger partial charge in [-0.1, -0.05) is 0 Å². The molecule has 1 atom stereocenters. The fourth-order valence-corrected chi connectivity index (χ4v) is 0.437. The molecule has 0 saturated heterocycles. The van der Waals surface area contributed by atoms with Gasteiger partial charge in [0.1, 0.15) is 6.04 Å². The average molecular weight is 214 g/mol. The molecule has 0 heterocycles. The Balaban J connectivity index is 3.83. The molecule has 82 valence electrons. The topological polar surface area (TPSA) is 81.4 Å². The van der Waals surface area contributed by atoms with Crippen LogP contribution in [0.5, 0.6) is 0 Å². The molecule has 8 heteroatoms. The molecule has 0 spiro atoms. The minimum absolute atomic E-state index is 0.867. The lowest BCUT2D eigenvalue weighted by molar-refractivity contribution is -0.160. The van der Waals surface area contributed by atoms with Crippen molar-refractivity contribution in [1.82, 2.24) is 5.32 Å². The summed E-state index contributed by atoms with van der Waals surface area (Å²) in [6.45, 7) is -0.485. The number of carbonyl (C=O) groups excluding carboxylic acids is 2. The van der Waals surface area contributed by atoms with Crippen LogP contribution < -0.4 is 11.1 Å². The number of alkyl halides is 3. The van der Waals surface area contributed by atoms with Crippen LogP contribution in [0.3, 0.4) is 0 Å². The van der Waals surface area contributed by atoms with E-state index in [4.69, 9.17) is 5.73 Å². The number of nitrogens with one attached hydrogen (secondary N) is 1. The van der Waals surface area contributed by atoms with Crippen molar-refractivity contribution in [3.05, 3.63) is 0 Å². The van der Waals surface area contributed by atoms with E-state index in [0.717, 1.165) is 0 Å². The summed E-state index contributed by atoms with van der Waals surface area (Å²) >= 11 is 0. The highest BCUT2D eigenvalue weighted by molar-refractivity contribution is 5.83. The standard InChI is InChI=1S/C6H9F3N2O3/c1-3(4(10)12)11-5(13)14-2-6(7,8)9/h3H,2H2,1H3,(H2,10,12)(H,11,13)/t3-/m0/s1. The lowest BCUT2D eigenvalue weighted by Gasteiger charge is -2.11. The largest absolute Gasteiger partial charge is 0.440 e. The molecule has 0 radical (unpaired) electrons. The second-order valence-electron chi connectivity index (χ2n) is 2.46. The molecule has 14 heavy (non-hydrogen) atoms. The third-order valence-electron chi connectivity index (χ3n) is 1.13. The summed E-state index contributed by atoms with van der Waals surface area (Å²) in [5.74, 6) is -0.867. The van der Waals surface area contributed by atoms with Gasteiger partial charge in [0.25, 0.3) is 0 Å². The van der Waals surface area contributed by atoms with Crippen molar-refractivity contribution in [3.8, 4) is 0 Å². The molecule has 0 unspecified atom stereocenters. The molecule has 0 aliphatic rings. The van der Waals surface area contributed by atoms with Gasteiger partial charge in [0, 0.05) is 0 Å². The highest BCUT2D eigenvalue weighted by Gasteiger charge is 2.29. The molecular weight excluding hydrogens is 205 g/mol. The Morgan fingerprint density at radius 2 is 2.00 bits per heavy atom. The first-order valence-corrected chi connectivity index (χ1v) is 3.51. The zero-order valence-corrected chi connectivity index (χ0v) is 7.22.